The molecule has 0 heterocycles. The molecule has 0 saturated heterocycles. The molecule has 1 rings (SSSR count). The number of ether oxygens (including phenoxy) is 3. The van der Waals surface area contributed by atoms with E-state index in [-0.39, 0.29) is 32.1 Å². The van der Waals surface area contributed by atoms with Crippen molar-refractivity contribution in [2.24, 2.45) is 0 Å². The van der Waals surface area contributed by atoms with Crippen LogP contribution in [-0.4, -0.2) is 60.1 Å². The number of esters is 1. The highest BCUT2D eigenvalue weighted by Gasteiger charge is 2.31. The van der Waals surface area contributed by atoms with Crippen molar-refractivity contribution in [1.29, 1.82) is 0 Å². The van der Waals surface area contributed by atoms with Gasteiger partial charge < -0.3 is 30.0 Å². The van der Waals surface area contributed by atoms with Crippen LogP contribution in [0.25, 0.3) is 0 Å². The highest BCUT2D eigenvalue weighted by Crippen LogP contribution is 2.15. The van der Waals surface area contributed by atoms with Crippen LogP contribution in [0.3, 0.4) is 0 Å². The fourth-order valence-corrected chi connectivity index (χ4v) is 2.78. The van der Waals surface area contributed by atoms with E-state index in [1.54, 1.807) is 34.6 Å². The van der Waals surface area contributed by atoms with E-state index in [9.17, 15) is 19.5 Å². The van der Waals surface area contributed by atoms with Crippen LogP contribution < -0.4 is 10.6 Å². The molecule has 1 unspecified atom stereocenters. The Morgan fingerprint density at radius 3 is 2.29 bits per heavy atom. The lowest BCUT2D eigenvalue weighted by Crippen LogP contribution is -2.44. The Hall–Kier alpha value is -2.65. The molecule has 0 aliphatic carbocycles. The maximum atomic E-state index is 12.4. The van der Waals surface area contributed by atoms with E-state index in [1.165, 1.54) is 0 Å². The third-order valence-corrected chi connectivity index (χ3v) is 4.68. The second-order valence-corrected chi connectivity index (χ2v) is 9.57. The molecule has 2 amide bonds. The van der Waals surface area contributed by atoms with Gasteiger partial charge in [-0.05, 0) is 53.0 Å². The third kappa shape index (κ3) is 13.2. The van der Waals surface area contributed by atoms with Crippen molar-refractivity contribution in [2.45, 2.75) is 84.2 Å². The minimum atomic E-state index is -1.17. The fraction of sp³-hybridized carbons (Fsp3) is 0.640. The average Bonchev–Trinajstić information content (AvgIpc) is 2.76. The first-order valence-corrected chi connectivity index (χ1v) is 11.6. The molecule has 1 atom stereocenters. The Balaban J connectivity index is 2.24. The van der Waals surface area contributed by atoms with Gasteiger partial charge in [0.15, 0.2) is 5.60 Å². The Morgan fingerprint density at radius 1 is 1.00 bits per heavy atom. The lowest BCUT2D eigenvalue weighted by atomic mass is 10.1. The Morgan fingerprint density at radius 2 is 1.68 bits per heavy atom. The van der Waals surface area contributed by atoms with Gasteiger partial charge >= 0.3 is 12.1 Å². The number of carbonyl (C=O) groups is 3. The second-order valence-electron chi connectivity index (χ2n) is 9.57. The number of aliphatic hydroxyl groups excluding tert-OH is 1. The van der Waals surface area contributed by atoms with Gasteiger partial charge in [0.1, 0.15) is 12.2 Å². The van der Waals surface area contributed by atoms with Gasteiger partial charge in [-0.15, -0.1) is 0 Å². The van der Waals surface area contributed by atoms with E-state index < -0.39 is 29.3 Å². The van der Waals surface area contributed by atoms with Gasteiger partial charge in [-0.25, -0.2) is 9.59 Å². The van der Waals surface area contributed by atoms with Crippen molar-refractivity contribution >= 4 is 18.0 Å². The molecular weight excluding hydrogens is 440 g/mol. The van der Waals surface area contributed by atoms with Gasteiger partial charge in [-0.2, -0.15) is 0 Å². The van der Waals surface area contributed by atoms with Crippen LogP contribution in [0.2, 0.25) is 0 Å². The fourth-order valence-electron chi connectivity index (χ4n) is 2.78. The smallest absolute Gasteiger partial charge is 0.407 e. The number of benzene rings is 1. The van der Waals surface area contributed by atoms with E-state index in [0.717, 1.165) is 12.0 Å². The van der Waals surface area contributed by atoms with Crippen LogP contribution in [0, 0.1) is 0 Å². The number of aliphatic hydroxyl groups is 1. The summed E-state index contributed by atoms with van der Waals surface area (Å²) >= 11 is 0. The zero-order valence-corrected chi connectivity index (χ0v) is 21.0. The van der Waals surface area contributed by atoms with Gasteiger partial charge in [-0.3, -0.25) is 4.79 Å². The molecule has 34 heavy (non-hydrogen) atoms. The molecule has 0 aromatic heterocycles. The lowest BCUT2D eigenvalue weighted by Gasteiger charge is -2.25. The van der Waals surface area contributed by atoms with Crippen molar-refractivity contribution in [3.8, 4) is 0 Å². The predicted molar refractivity (Wildman–Crippen MR) is 128 cm³/mol. The monoisotopic (exact) mass is 480 g/mol. The Labute approximate surface area is 202 Å². The second kappa shape index (κ2) is 14.6. The number of hydrogen-bond donors (Lipinski definition) is 3. The molecule has 1 aromatic carbocycles. The van der Waals surface area contributed by atoms with E-state index in [0.29, 0.717) is 19.4 Å². The van der Waals surface area contributed by atoms with E-state index in [1.807, 2.05) is 30.3 Å². The minimum absolute atomic E-state index is 0.154. The first kappa shape index (κ1) is 29.4. The van der Waals surface area contributed by atoms with Crippen molar-refractivity contribution in [2.75, 3.05) is 19.8 Å². The standard InChI is InChI=1S/C25H40N2O7/c1-24(2,3)34-23(31)26-15-11-7-10-14-21(29)27-20(16-28)18-32-22(30)25(4,5)33-17-19-12-8-6-9-13-19/h6,8-9,12-13,20,28H,7,10-11,14-18H2,1-5H3,(H,26,31)(H,27,29). The maximum absolute atomic E-state index is 12.4. The Bertz CT molecular complexity index is 760. The SMILES string of the molecule is CC(C)(C)OC(=O)NCCCCCC(=O)NC(CO)COC(=O)C(C)(C)OCc1ccccc1. The zero-order valence-electron chi connectivity index (χ0n) is 21.0. The lowest BCUT2D eigenvalue weighted by molar-refractivity contribution is -0.171. The van der Waals surface area contributed by atoms with Crippen molar-refractivity contribution in [3.05, 3.63) is 35.9 Å². The summed E-state index contributed by atoms with van der Waals surface area (Å²) in [6.45, 7) is 8.84. The summed E-state index contributed by atoms with van der Waals surface area (Å²) in [6.07, 6.45) is 1.89. The van der Waals surface area contributed by atoms with Crippen LogP contribution in [0.1, 0.15) is 65.9 Å². The molecule has 0 radical (unpaired) electrons. The number of nitrogens with one attached hydrogen (secondary N) is 2. The summed E-state index contributed by atoms with van der Waals surface area (Å²) in [5.74, 6) is -0.816. The van der Waals surface area contributed by atoms with Gasteiger partial charge in [0, 0.05) is 13.0 Å². The number of amides is 2. The molecule has 9 nitrogen and oxygen atoms in total. The molecular formula is C25H40N2O7. The Kier molecular flexibility index (Phi) is 12.6. The third-order valence-electron chi connectivity index (χ3n) is 4.68. The van der Waals surface area contributed by atoms with Gasteiger partial charge in [-0.1, -0.05) is 36.8 Å². The summed E-state index contributed by atoms with van der Waals surface area (Å²) in [6, 6.07) is 8.78. The molecule has 0 fully saturated rings. The van der Waals surface area contributed by atoms with Gasteiger partial charge in [0.2, 0.25) is 5.91 Å². The summed E-state index contributed by atoms with van der Waals surface area (Å²) in [7, 11) is 0. The van der Waals surface area contributed by atoms with Crippen LogP contribution in [0.15, 0.2) is 30.3 Å². The van der Waals surface area contributed by atoms with Crippen molar-refractivity contribution < 1.29 is 33.7 Å². The van der Waals surface area contributed by atoms with Crippen LogP contribution in [0.5, 0.6) is 0 Å². The molecule has 0 spiro atoms. The summed E-state index contributed by atoms with van der Waals surface area (Å²) in [4.78, 5) is 36.1. The number of rotatable bonds is 14. The average molecular weight is 481 g/mol. The predicted octanol–water partition coefficient (Wildman–Crippen LogP) is 3.09. The van der Waals surface area contributed by atoms with Crippen molar-refractivity contribution in [3.63, 3.8) is 0 Å². The maximum Gasteiger partial charge on any atom is 0.407 e. The number of carbonyl (C=O) groups excluding carboxylic acids is 3. The molecule has 0 aliphatic heterocycles. The van der Waals surface area contributed by atoms with Crippen LogP contribution in [0.4, 0.5) is 4.79 Å². The van der Waals surface area contributed by atoms with E-state index in [2.05, 4.69) is 10.6 Å². The van der Waals surface area contributed by atoms with Crippen LogP contribution in [-0.2, 0) is 30.4 Å². The molecule has 9 heteroatoms. The highest BCUT2D eigenvalue weighted by molar-refractivity contribution is 5.79. The van der Waals surface area contributed by atoms with Crippen molar-refractivity contribution in [1.82, 2.24) is 10.6 Å². The molecule has 0 bridgehead atoms. The van der Waals surface area contributed by atoms with Gasteiger partial charge in [0.05, 0.1) is 19.3 Å². The minimum Gasteiger partial charge on any atom is -0.461 e. The first-order valence-electron chi connectivity index (χ1n) is 11.6. The number of alkyl carbamates (subject to hydrolysis) is 1. The molecule has 192 valence electrons. The first-order chi connectivity index (χ1) is 15.9. The zero-order chi connectivity index (χ0) is 25.6. The van der Waals surface area contributed by atoms with Crippen LogP contribution >= 0.6 is 0 Å². The van der Waals surface area contributed by atoms with E-state index >= 15 is 0 Å². The summed E-state index contributed by atoms with van der Waals surface area (Å²) in [5.41, 5.74) is -0.776. The summed E-state index contributed by atoms with van der Waals surface area (Å²) < 4.78 is 16.1. The number of unbranched alkanes of at least 4 members (excludes halogenated alkanes) is 2. The molecule has 0 saturated carbocycles. The highest BCUT2D eigenvalue weighted by atomic mass is 16.6. The topological polar surface area (TPSA) is 123 Å². The molecule has 0 aliphatic rings. The van der Waals surface area contributed by atoms with E-state index in [4.69, 9.17) is 14.2 Å². The summed E-state index contributed by atoms with van der Waals surface area (Å²) in [5, 5.41) is 14.9. The van der Waals surface area contributed by atoms with Gasteiger partial charge in [0.25, 0.3) is 0 Å². The molecule has 1 aromatic rings. The normalized spacial score (nSPS) is 12.5. The number of hydrogen-bond acceptors (Lipinski definition) is 7. The quantitative estimate of drug-likeness (QED) is 0.276. The molecule has 3 N–H and O–H groups in total. The largest absolute Gasteiger partial charge is 0.461 e.